The second-order valence-electron chi connectivity index (χ2n) is 6.25. The fraction of sp³-hybridized carbons (Fsp3) is 0.375. The highest BCUT2D eigenvalue weighted by atomic mass is 16.6. The van der Waals surface area contributed by atoms with Gasteiger partial charge < -0.3 is 9.47 Å². The van der Waals surface area contributed by atoms with Gasteiger partial charge in [-0.2, -0.15) is 0 Å². The van der Waals surface area contributed by atoms with Crippen LogP contribution in [0.15, 0.2) is 30.4 Å². The van der Waals surface area contributed by atoms with Gasteiger partial charge in [-0.3, -0.25) is 19.7 Å². The van der Waals surface area contributed by atoms with Gasteiger partial charge in [0.15, 0.2) is 0 Å². The summed E-state index contributed by atoms with van der Waals surface area (Å²) in [6, 6.07) is 3.82. The molecule has 1 aromatic rings. The summed E-state index contributed by atoms with van der Waals surface area (Å²) >= 11 is 0. The Balaban J connectivity index is 1.78. The Kier molecular flexibility index (Phi) is 2.86. The number of methoxy groups -OCH3 is 1. The molecule has 3 aliphatic rings. The second kappa shape index (κ2) is 4.64. The molecule has 8 heteroatoms. The largest absolute Gasteiger partial charge is 0.494 e. The Morgan fingerprint density at radius 2 is 2.08 bits per heavy atom. The zero-order valence-electron chi connectivity index (χ0n) is 13.0. The second-order valence-corrected chi connectivity index (χ2v) is 6.25. The van der Waals surface area contributed by atoms with E-state index in [1.54, 1.807) is 6.92 Å². The van der Waals surface area contributed by atoms with Crippen molar-refractivity contribution >= 4 is 23.2 Å². The van der Waals surface area contributed by atoms with Crippen LogP contribution in [-0.2, 0) is 14.3 Å². The summed E-state index contributed by atoms with van der Waals surface area (Å²) in [5, 5.41) is 10.9. The van der Waals surface area contributed by atoms with E-state index >= 15 is 0 Å². The summed E-state index contributed by atoms with van der Waals surface area (Å²) in [5.41, 5.74) is -0.743. The van der Waals surface area contributed by atoms with Crippen molar-refractivity contribution in [2.75, 3.05) is 12.0 Å². The van der Waals surface area contributed by atoms with Crippen molar-refractivity contribution in [2.45, 2.75) is 18.6 Å². The van der Waals surface area contributed by atoms with Crippen molar-refractivity contribution in [3.05, 3.63) is 40.5 Å². The summed E-state index contributed by atoms with van der Waals surface area (Å²) in [4.78, 5) is 37.1. The first-order valence-electron chi connectivity index (χ1n) is 7.45. The summed E-state index contributed by atoms with van der Waals surface area (Å²) < 4.78 is 10.9. The average molecular weight is 330 g/mol. The number of hydrogen-bond acceptors (Lipinski definition) is 6. The maximum Gasteiger partial charge on any atom is 0.273 e. The van der Waals surface area contributed by atoms with Gasteiger partial charge in [0.1, 0.15) is 5.75 Å². The normalized spacial score (nSPS) is 33.2. The molecule has 0 N–H and O–H groups in total. The van der Waals surface area contributed by atoms with E-state index in [4.69, 9.17) is 9.47 Å². The lowest BCUT2D eigenvalue weighted by atomic mass is 9.78. The Labute approximate surface area is 136 Å². The van der Waals surface area contributed by atoms with Gasteiger partial charge in [-0.1, -0.05) is 12.2 Å². The quantitative estimate of drug-likeness (QED) is 0.360. The standard InChI is InChI=1S/C16H14N2O6/c1-16-6-5-10(24-16)12-13(16)15(20)17(14(12)19)9-4-3-8(18(21)22)7-11(9)23-2/h3-7,10,12-13H,1-2H3/t10-,12-,13+,16-/m1/s1. The molecule has 1 aromatic carbocycles. The van der Waals surface area contributed by atoms with Gasteiger partial charge in [-0.25, -0.2) is 4.90 Å². The monoisotopic (exact) mass is 330 g/mol. The number of nitro groups is 1. The van der Waals surface area contributed by atoms with Crippen LogP contribution in [0.1, 0.15) is 6.92 Å². The molecule has 0 saturated carbocycles. The summed E-state index contributed by atoms with van der Waals surface area (Å²) in [7, 11) is 1.34. The maximum atomic E-state index is 12.9. The molecule has 3 aliphatic heterocycles. The molecule has 4 rings (SSSR count). The van der Waals surface area contributed by atoms with Crippen LogP contribution in [0.25, 0.3) is 0 Å². The molecule has 0 radical (unpaired) electrons. The number of anilines is 1. The Bertz CT molecular complexity index is 819. The predicted octanol–water partition coefficient (Wildman–Crippen LogP) is 1.44. The van der Waals surface area contributed by atoms with Crippen LogP contribution in [0.4, 0.5) is 11.4 Å². The number of nitro benzene ring substituents is 1. The first kappa shape index (κ1) is 14.8. The van der Waals surface area contributed by atoms with Crippen LogP contribution in [0, 0.1) is 22.0 Å². The van der Waals surface area contributed by atoms with E-state index in [2.05, 4.69) is 0 Å². The van der Waals surface area contributed by atoms with Crippen LogP contribution in [0.2, 0.25) is 0 Å². The lowest BCUT2D eigenvalue weighted by molar-refractivity contribution is -0.384. The van der Waals surface area contributed by atoms with E-state index in [9.17, 15) is 19.7 Å². The molecule has 0 spiro atoms. The predicted molar refractivity (Wildman–Crippen MR) is 81.5 cm³/mol. The number of carbonyl (C=O) groups excluding carboxylic acids is 2. The fourth-order valence-electron chi connectivity index (χ4n) is 3.85. The summed E-state index contributed by atoms with van der Waals surface area (Å²) in [5.74, 6) is -1.77. The van der Waals surface area contributed by atoms with Gasteiger partial charge >= 0.3 is 0 Å². The van der Waals surface area contributed by atoms with Crippen molar-refractivity contribution in [2.24, 2.45) is 11.8 Å². The lowest BCUT2D eigenvalue weighted by Gasteiger charge is -2.24. The van der Waals surface area contributed by atoms with E-state index in [-0.39, 0.29) is 28.9 Å². The number of carbonyl (C=O) groups is 2. The molecule has 3 heterocycles. The number of imide groups is 1. The third-order valence-electron chi connectivity index (χ3n) is 4.94. The molecular weight excluding hydrogens is 316 g/mol. The van der Waals surface area contributed by atoms with Crippen LogP contribution < -0.4 is 9.64 Å². The van der Waals surface area contributed by atoms with Crippen molar-refractivity contribution < 1.29 is 24.0 Å². The van der Waals surface area contributed by atoms with Gasteiger partial charge in [-0.15, -0.1) is 0 Å². The van der Waals surface area contributed by atoms with E-state index in [1.165, 1.54) is 25.3 Å². The SMILES string of the molecule is COc1cc([N+](=O)[O-])ccc1N1C(=O)[C@H]2[C@@H](C1=O)[C@@]1(C)C=C[C@H]2O1. The van der Waals surface area contributed by atoms with Gasteiger partial charge in [0.2, 0.25) is 11.8 Å². The molecule has 0 unspecified atom stereocenters. The number of ether oxygens (including phenoxy) is 2. The molecular formula is C16H14N2O6. The number of amides is 2. The zero-order valence-corrected chi connectivity index (χ0v) is 13.0. The first-order chi connectivity index (χ1) is 11.4. The Hall–Kier alpha value is -2.74. The minimum atomic E-state index is -0.787. The van der Waals surface area contributed by atoms with Gasteiger partial charge in [0, 0.05) is 6.07 Å². The highest BCUT2D eigenvalue weighted by Crippen LogP contribution is 2.53. The fourth-order valence-corrected chi connectivity index (χ4v) is 3.85. The summed E-state index contributed by atoms with van der Waals surface area (Å²) in [6.45, 7) is 1.79. The highest BCUT2D eigenvalue weighted by molar-refractivity contribution is 6.24. The molecule has 24 heavy (non-hydrogen) atoms. The third kappa shape index (κ3) is 1.71. The average Bonchev–Trinajstić information content (AvgIpc) is 3.16. The Morgan fingerprint density at radius 3 is 2.71 bits per heavy atom. The zero-order chi connectivity index (χ0) is 17.2. The van der Waals surface area contributed by atoms with E-state index in [1.807, 2.05) is 12.2 Å². The number of benzene rings is 1. The summed E-state index contributed by atoms with van der Waals surface area (Å²) in [6.07, 6.45) is 3.22. The minimum Gasteiger partial charge on any atom is -0.494 e. The minimum absolute atomic E-state index is 0.109. The smallest absolute Gasteiger partial charge is 0.273 e. The molecule has 8 nitrogen and oxygen atoms in total. The highest BCUT2D eigenvalue weighted by Gasteiger charge is 2.66. The van der Waals surface area contributed by atoms with Gasteiger partial charge in [0.05, 0.1) is 47.3 Å². The van der Waals surface area contributed by atoms with Crippen molar-refractivity contribution in [3.8, 4) is 5.75 Å². The molecule has 0 aromatic heterocycles. The molecule has 0 aliphatic carbocycles. The van der Waals surface area contributed by atoms with E-state index < -0.39 is 28.5 Å². The number of fused-ring (bicyclic) bond motifs is 5. The topological polar surface area (TPSA) is 99.0 Å². The number of nitrogens with zero attached hydrogens (tertiary/aromatic N) is 2. The first-order valence-corrected chi connectivity index (χ1v) is 7.45. The Morgan fingerprint density at radius 1 is 1.33 bits per heavy atom. The van der Waals surface area contributed by atoms with Crippen LogP contribution in [-0.4, -0.2) is 35.6 Å². The number of rotatable bonds is 3. The number of hydrogen-bond donors (Lipinski definition) is 0. The molecule has 2 amide bonds. The van der Waals surface area contributed by atoms with E-state index in [0.717, 1.165) is 4.90 Å². The molecule has 2 bridgehead atoms. The molecule has 124 valence electrons. The van der Waals surface area contributed by atoms with Crippen LogP contribution >= 0.6 is 0 Å². The third-order valence-corrected chi connectivity index (χ3v) is 4.94. The molecule has 2 fully saturated rings. The van der Waals surface area contributed by atoms with Crippen molar-refractivity contribution in [3.63, 3.8) is 0 Å². The lowest BCUT2D eigenvalue weighted by Crippen LogP contribution is -2.38. The maximum absolute atomic E-state index is 12.9. The van der Waals surface area contributed by atoms with Crippen LogP contribution in [0.3, 0.4) is 0 Å². The van der Waals surface area contributed by atoms with Crippen LogP contribution in [0.5, 0.6) is 5.75 Å². The van der Waals surface area contributed by atoms with E-state index in [0.29, 0.717) is 0 Å². The van der Waals surface area contributed by atoms with Crippen molar-refractivity contribution in [1.82, 2.24) is 0 Å². The molecule has 2 saturated heterocycles. The number of non-ortho nitro benzene ring substituents is 1. The van der Waals surface area contributed by atoms with Gasteiger partial charge in [0.25, 0.3) is 5.69 Å². The van der Waals surface area contributed by atoms with Gasteiger partial charge in [-0.05, 0) is 13.0 Å². The van der Waals surface area contributed by atoms with Crippen molar-refractivity contribution in [1.29, 1.82) is 0 Å². The molecule has 4 atom stereocenters.